The molecule has 1 aromatic rings. The molecule has 0 aromatic heterocycles. The van der Waals surface area contributed by atoms with Gasteiger partial charge in [-0.25, -0.2) is 0 Å². The molecule has 0 heterocycles. The first-order chi connectivity index (χ1) is 7.93. The van der Waals surface area contributed by atoms with E-state index in [1.807, 2.05) is 24.5 Å². The van der Waals surface area contributed by atoms with Crippen LogP contribution in [-0.2, 0) is 11.3 Å². The Bertz CT molecular complexity index is 277. The van der Waals surface area contributed by atoms with Crippen LogP contribution in [0.15, 0.2) is 42.7 Å². The van der Waals surface area contributed by atoms with Crippen LogP contribution >= 0.6 is 0 Å². The van der Waals surface area contributed by atoms with Crippen LogP contribution in [0.1, 0.15) is 44.6 Å². The van der Waals surface area contributed by atoms with Crippen molar-refractivity contribution in [1.82, 2.24) is 0 Å². The average molecular weight is 218 g/mol. The Morgan fingerprint density at radius 3 is 2.62 bits per heavy atom. The van der Waals surface area contributed by atoms with E-state index >= 15 is 0 Å². The van der Waals surface area contributed by atoms with E-state index in [1.54, 1.807) is 0 Å². The Balaban J connectivity index is 2.00. The van der Waals surface area contributed by atoms with Crippen LogP contribution in [0.3, 0.4) is 0 Å². The first kappa shape index (κ1) is 12.8. The van der Waals surface area contributed by atoms with E-state index in [1.165, 1.54) is 31.2 Å². The summed E-state index contributed by atoms with van der Waals surface area (Å²) in [5, 5.41) is 0. The fraction of sp³-hybridized carbons (Fsp3) is 0.467. The van der Waals surface area contributed by atoms with E-state index in [-0.39, 0.29) is 0 Å². The Morgan fingerprint density at radius 2 is 1.88 bits per heavy atom. The van der Waals surface area contributed by atoms with Crippen molar-refractivity contribution < 1.29 is 4.74 Å². The SMILES string of the molecule is CCCCCC/C=C/OCc1ccccc1. The van der Waals surface area contributed by atoms with Gasteiger partial charge in [-0.15, -0.1) is 0 Å². The molecule has 0 saturated heterocycles. The van der Waals surface area contributed by atoms with Gasteiger partial charge in [0, 0.05) is 0 Å². The Hall–Kier alpha value is -1.24. The third-order valence-corrected chi connectivity index (χ3v) is 2.51. The van der Waals surface area contributed by atoms with E-state index in [0.29, 0.717) is 6.61 Å². The topological polar surface area (TPSA) is 9.23 Å². The molecule has 0 atom stereocenters. The predicted octanol–water partition coefficient (Wildman–Crippen LogP) is 4.69. The van der Waals surface area contributed by atoms with Gasteiger partial charge in [0.15, 0.2) is 0 Å². The zero-order chi connectivity index (χ0) is 11.5. The van der Waals surface area contributed by atoms with Gasteiger partial charge in [0.2, 0.25) is 0 Å². The third-order valence-electron chi connectivity index (χ3n) is 2.51. The molecule has 0 bridgehead atoms. The molecular formula is C15H22O. The highest BCUT2D eigenvalue weighted by Crippen LogP contribution is 2.04. The van der Waals surface area contributed by atoms with Crippen LogP contribution in [0.2, 0.25) is 0 Å². The molecule has 0 amide bonds. The second-order valence-electron chi connectivity index (χ2n) is 4.02. The minimum Gasteiger partial charge on any atom is -0.497 e. The minimum atomic E-state index is 0.673. The molecule has 88 valence electrons. The maximum absolute atomic E-state index is 5.45. The number of hydrogen-bond donors (Lipinski definition) is 0. The van der Waals surface area contributed by atoms with Crippen molar-refractivity contribution in [3.63, 3.8) is 0 Å². The van der Waals surface area contributed by atoms with Crippen molar-refractivity contribution in [3.8, 4) is 0 Å². The number of unbranched alkanes of at least 4 members (excludes halogenated alkanes) is 4. The molecule has 0 aliphatic rings. The smallest absolute Gasteiger partial charge is 0.112 e. The lowest BCUT2D eigenvalue weighted by Crippen LogP contribution is -1.84. The van der Waals surface area contributed by atoms with Gasteiger partial charge in [-0.1, -0.05) is 56.5 Å². The number of allylic oxidation sites excluding steroid dienone is 1. The van der Waals surface area contributed by atoms with Crippen LogP contribution in [0, 0.1) is 0 Å². The molecular weight excluding hydrogens is 196 g/mol. The summed E-state index contributed by atoms with van der Waals surface area (Å²) in [4.78, 5) is 0. The molecule has 0 fully saturated rings. The van der Waals surface area contributed by atoms with Gasteiger partial charge >= 0.3 is 0 Å². The molecule has 16 heavy (non-hydrogen) atoms. The zero-order valence-corrected chi connectivity index (χ0v) is 10.2. The van der Waals surface area contributed by atoms with Gasteiger partial charge < -0.3 is 4.74 Å². The third kappa shape index (κ3) is 6.28. The molecule has 1 heteroatoms. The van der Waals surface area contributed by atoms with E-state index in [0.717, 1.165) is 6.42 Å². The quantitative estimate of drug-likeness (QED) is 0.454. The van der Waals surface area contributed by atoms with Crippen molar-refractivity contribution in [2.75, 3.05) is 0 Å². The van der Waals surface area contributed by atoms with E-state index in [4.69, 9.17) is 4.74 Å². The molecule has 1 nitrogen and oxygen atoms in total. The number of rotatable bonds is 8. The van der Waals surface area contributed by atoms with Crippen molar-refractivity contribution in [2.45, 2.75) is 45.6 Å². The molecule has 0 aliphatic carbocycles. The molecule has 0 aliphatic heterocycles. The molecule has 0 N–H and O–H groups in total. The molecule has 0 unspecified atom stereocenters. The maximum atomic E-state index is 5.45. The number of ether oxygens (including phenoxy) is 1. The van der Waals surface area contributed by atoms with Crippen LogP contribution < -0.4 is 0 Å². The van der Waals surface area contributed by atoms with Gasteiger partial charge in [-0.2, -0.15) is 0 Å². The summed E-state index contributed by atoms with van der Waals surface area (Å²) in [6.45, 7) is 2.91. The highest BCUT2D eigenvalue weighted by Gasteiger charge is 1.88. The monoisotopic (exact) mass is 218 g/mol. The normalized spacial score (nSPS) is 10.8. The Morgan fingerprint density at radius 1 is 1.06 bits per heavy atom. The second-order valence-corrected chi connectivity index (χ2v) is 4.02. The van der Waals surface area contributed by atoms with Gasteiger partial charge in [0.25, 0.3) is 0 Å². The lowest BCUT2D eigenvalue weighted by atomic mass is 10.1. The maximum Gasteiger partial charge on any atom is 0.112 e. The van der Waals surface area contributed by atoms with Crippen LogP contribution in [0.25, 0.3) is 0 Å². The lowest BCUT2D eigenvalue weighted by Gasteiger charge is -2.00. The minimum absolute atomic E-state index is 0.673. The molecule has 0 saturated carbocycles. The van der Waals surface area contributed by atoms with Gasteiger partial charge in [-0.05, 0) is 24.5 Å². The fourth-order valence-electron chi connectivity index (χ4n) is 1.54. The van der Waals surface area contributed by atoms with Gasteiger partial charge in [-0.3, -0.25) is 0 Å². The van der Waals surface area contributed by atoms with Crippen LogP contribution in [0.4, 0.5) is 0 Å². The molecule has 0 radical (unpaired) electrons. The van der Waals surface area contributed by atoms with Gasteiger partial charge in [0.05, 0.1) is 6.26 Å². The largest absolute Gasteiger partial charge is 0.497 e. The number of hydrogen-bond acceptors (Lipinski definition) is 1. The fourth-order valence-corrected chi connectivity index (χ4v) is 1.54. The van der Waals surface area contributed by atoms with Crippen molar-refractivity contribution in [1.29, 1.82) is 0 Å². The van der Waals surface area contributed by atoms with E-state index in [9.17, 15) is 0 Å². The summed E-state index contributed by atoms with van der Waals surface area (Å²) in [6.07, 6.45) is 10.3. The summed E-state index contributed by atoms with van der Waals surface area (Å²) < 4.78 is 5.45. The predicted molar refractivity (Wildman–Crippen MR) is 69.1 cm³/mol. The second kappa shape index (κ2) is 9.02. The average Bonchev–Trinajstić information content (AvgIpc) is 2.34. The highest BCUT2D eigenvalue weighted by molar-refractivity contribution is 5.13. The summed E-state index contributed by atoms with van der Waals surface area (Å²) in [5.74, 6) is 0. The first-order valence-corrected chi connectivity index (χ1v) is 6.24. The van der Waals surface area contributed by atoms with Gasteiger partial charge in [0.1, 0.15) is 6.61 Å². The summed E-state index contributed by atoms with van der Waals surface area (Å²) >= 11 is 0. The molecule has 1 aromatic carbocycles. The highest BCUT2D eigenvalue weighted by atomic mass is 16.5. The van der Waals surface area contributed by atoms with Crippen LogP contribution in [0.5, 0.6) is 0 Å². The first-order valence-electron chi connectivity index (χ1n) is 6.24. The Kier molecular flexibility index (Phi) is 7.23. The Labute approximate surface area is 99.1 Å². The lowest BCUT2D eigenvalue weighted by molar-refractivity contribution is 0.235. The van der Waals surface area contributed by atoms with E-state index < -0.39 is 0 Å². The summed E-state index contributed by atoms with van der Waals surface area (Å²) in [6, 6.07) is 10.2. The number of benzene rings is 1. The van der Waals surface area contributed by atoms with Crippen LogP contribution in [-0.4, -0.2) is 0 Å². The molecule has 1 rings (SSSR count). The van der Waals surface area contributed by atoms with Crippen molar-refractivity contribution in [2.24, 2.45) is 0 Å². The summed E-state index contributed by atoms with van der Waals surface area (Å²) in [5.41, 5.74) is 1.22. The molecule has 0 spiro atoms. The summed E-state index contributed by atoms with van der Waals surface area (Å²) in [7, 11) is 0. The standard InChI is InChI=1S/C15H22O/c1-2-3-4-5-6-10-13-16-14-15-11-8-7-9-12-15/h7-13H,2-6,14H2,1H3/b13-10+. The van der Waals surface area contributed by atoms with E-state index in [2.05, 4.69) is 25.1 Å². The van der Waals surface area contributed by atoms with Crippen molar-refractivity contribution in [3.05, 3.63) is 48.2 Å². The van der Waals surface area contributed by atoms with Crippen molar-refractivity contribution >= 4 is 0 Å². The zero-order valence-electron chi connectivity index (χ0n) is 10.2.